The summed E-state index contributed by atoms with van der Waals surface area (Å²) in [4.78, 5) is 11.5. The van der Waals surface area contributed by atoms with E-state index in [0.717, 1.165) is 6.07 Å². The first-order chi connectivity index (χ1) is 8.95. The van der Waals surface area contributed by atoms with Crippen LogP contribution in [0.25, 0.3) is 0 Å². The van der Waals surface area contributed by atoms with Crippen molar-refractivity contribution in [2.45, 2.75) is 18.5 Å². The lowest BCUT2D eigenvalue weighted by Crippen LogP contribution is -2.13. The molecule has 0 aliphatic heterocycles. The number of rotatable bonds is 4. The summed E-state index contributed by atoms with van der Waals surface area (Å²) in [5.74, 6) is -1.52. The Bertz CT molecular complexity index is 470. The second-order valence-corrected chi connectivity index (χ2v) is 4.42. The number of aliphatic hydroxyl groups excluding tert-OH is 1. The molecule has 6 heteroatoms. The number of hydrogen-bond acceptors (Lipinski definition) is 3. The maximum Gasteiger partial charge on any atom is 0.416 e. The van der Waals surface area contributed by atoms with Crippen molar-refractivity contribution < 1.29 is 27.8 Å². The number of alkyl halides is 3. The van der Waals surface area contributed by atoms with Crippen LogP contribution in [-0.4, -0.2) is 24.3 Å². The van der Waals surface area contributed by atoms with Crippen LogP contribution in [-0.2, 0) is 15.7 Å². The normalized spacial score (nSPS) is 22.1. The molecule has 0 heterocycles. The van der Waals surface area contributed by atoms with E-state index in [1.165, 1.54) is 18.2 Å². The van der Waals surface area contributed by atoms with Gasteiger partial charge in [0, 0.05) is 0 Å². The van der Waals surface area contributed by atoms with Crippen LogP contribution in [0, 0.1) is 5.92 Å². The molecule has 0 saturated heterocycles. The molecule has 1 fully saturated rings. The van der Waals surface area contributed by atoms with Crippen molar-refractivity contribution in [2.24, 2.45) is 5.92 Å². The first kappa shape index (κ1) is 13.9. The number of hydrogen-bond donors (Lipinski definition) is 1. The fraction of sp³-hybridized carbons (Fsp3) is 0.462. The topological polar surface area (TPSA) is 46.5 Å². The van der Waals surface area contributed by atoms with Gasteiger partial charge in [0.15, 0.2) is 0 Å². The SMILES string of the molecule is O=C(OCCO)[C@@H]1C[C@@H]1c1ccccc1C(F)(F)F. The highest BCUT2D eigenvalue weighted by molar-refractivity contribution is 5.77. The lowest BCUT2D eigenvalue weighted by molar-refractivity contribution is -0.146. The minimum atomic E-state index is -4.42. The molecular weight excluding hydrogens is 261 g/mol. The van der Waals surface area contributed by atoms with Crippen LogP contribution in [0.4, 0.5) is 13.2 Å². The Morgan fingerprint density at radius 3 is 2.68 bits per heavy atom. The van der Waals surface area contributed by atoms with Crippen molar-refractivity contribution in [3.8, 4) is 0 Å². The zero-order chi connectivity index (χ0) is 14.0. The fourth-order valence-corrected chi connectivity index (χ4v) is 2.13. The molecule has 0 aromatic heterocycles. The molecule has 2 atom stereocenters. The van der Waals surface area contributed by atoms with Crippen LogP contribution < -0.4 is 0 Å². The molecule has 0 unspecified atom stereocenters. The van der Waals surface area contributed by atoms with E-state index < -0.39 is 29.5 Å². The number of halogens is 3. The molecule has 19 heavy (non-hydrogen) atoms. The van der Waals surface area contributed by atoms with Crippen LogP contribution in [0.1, 0.15) is 23.5 Å². The van der Waals surface area contributed by atoms with Gasteiger partial charge in [0.05, 0.1) is 18.1 Å². The Morgan fingerprint density at radius 2 is 2.05 bits per heavy atom. The van der Waals surface area contributed by atoms with E-state index in [0.29, 0.717) is 6.42 Å². The average Bonchev–Trinajstić information content (AvgIpc) is 3.15. The standard InChI is InChI=1S/C13H13F3O3/c14-13(15,16)11-4-2-1-3-8(11)9-7-10(9)12(18)19-6-5-17/h1-4,9-10,17H,5-7H2/t9-,10-/m1/s1. The Labute approximate surface area is 108 Å². The highest BCUT2D eigenvalue weighted by atomic mass is 19.4. The molecule has 0 spiro atoms. The molecule has 3 nitrogen and oxygen atoms in total. The first-order valence-electron chi connectivity index (χ1n) is 5.88. The number of esters is 1. The number of carbonyl (C=O) groups excluding carboxylic acids is 1. The van der Waals surface area contributed by atoms with Crippen molar-refractivity contribution in [1.82, 2.24) is 0 Å². The van der Waals surface area contributed by atoms with Crippen LogP contribution in [0.3, 0.4) is 0 Å². The van der Waals surface area contributed by atoms with E-state index in [4.69, 9.17) is 9.84 Å². The summed E-state index contributed by atoms with van der Waals surface area (Å²) in [6, 6.07) is 5.27. The second kappa shape index (κ2) is 5.21. The van der Waals surface area contributed by atoms with Crippen LogP contribution in [0.2, 0.25) is 0 Å². The van der Waals surface area contributed by atoms with Gasteiger partial charge in [-0.05, 0) is 24.0 Å². The fourth-order valence-electron chi connectivity index (χ4n) is 2.13. The summed E-state index contributed by atoms with van der Waals surface area (Å²) < 4.78 is 43.2. The molecule has 0 amide bonds. The molecular formula is C13H13F3O3. The largest absolute Gasteiger partial charge is 0.463 e. The van der Waals surface area contributed by atoms with Crippen molar-refractivity contribution >= 4 is 5.97 Å². The Morgan fingerprint density at radius 1 is 1.37 bits per heavy atom. The van der Waals surface area contributed by atoms with Crippen molar-refractivity contribution in [1.29, 1.82) is 0 Å². The summed E-state index contributed by atoms with van der Waals surface area (Å²) >= 11 is 0. The molecule has 1 aliphatic carbocycles. The van der Waals surface area contributed by atoms with Gasteiger partial charge in [0.25, 0.3) is 0 Å². The lowest BCUT2D eigenvalue weighted by Gasteiger charge is -2.12. The van der Waals surface area contributed by atoms with Crippen LogP contribution >= 0.6 is 0 Å². The lowest BCUT2D eigenvalue weighted by atomic mass is 10.0. The van der Waals surface area contributed by atoms with E-state index in [2.05, 4.69) is 0 Å². The summed E-state index contributed by atoms with van der Waals surface area (Å²) in [6.45, 7) is -0.411. The minimum Gasteiger partial charge on any atom is -0.463 e. The van der Waals surface area contributed by atoms with Crippen molar-refractivity contribution in [2.75, 3.05) is 13.2 Å². The second-order valence-electron chi connectivity index (χ2n) is 4.42. The van der Waals surface area contributed by atoms with Gasteiger partial charge in [-0.1, -0.05) is 18.2 Å². The third-order valence-corrected chi connectivity index (χ3v) is 3.09. The van der Waals surface area contributed by atoms with Gasteiger partial charge >= 0.3 is 12.1 Å². The average molecular weight is 274 g/mol. The van der Waals surface area contributed by atoms with Crippen molar-refractivity contribution in [3.63, 3.8) is 0 Å². The zero-order valence-electron chi connectivity index (χ0n) is 9.98. The molecule has 0 radical (unpaired) electrons. The van der Waals surface area contributed by atoms with Gasteiger partial charge in [0.1, 0.15) is 6.61 Å². The number of ether oxygens (including phenoxy) is 1. The molecule has 1 saturated carbocycles. The molecule has 1 aromatic rings. The highest BCUT2D eigenvalue weighted by Gasteiger charge is 2.48. The van der Waals surface area contributed by atoms with Crippen LogP contribution in [0.15, 0.2) is 24.3 Å². The van der Waals surface area contributed by atoms with E-state index in [-0.39, 0.29) is 18.8 Å². The molecule has 0 bridgehead atoms. The van der Waals surface area contributed by atoms with E-state index in [9.17, 15) is 18.0 Å². The monoisotopic (exact) mass is 274 g/mol. The Hall–Kier alpha value is -1.56. The quantitative estimate of drug-likeness (QED) is 0.857. The molecule has 2 rings (SSSR count). The summed E-state index contributed by atoms with van der Waals surface area (Å²) in [5.41, 5.74) is -0.557. The van der Waals surface area contributed by atoms with Gasteiger partial charge in [-0.25, -0.2) is 0 Å². The Kier molecular flexibility index (Phi) is 3.80. The summed E-state index contributed by atoms with van der Waals surface area (Å²) in [7, 11) is 0. The van der Waals surface area contributed by atoms with E-state index >= 15 is 0 Å². The number of carbonyl (C=O) groups is 1. The van der Waals surface area contributed by atoms with Crippen LogP contribution in [0.5, 0.6) is 0 Å². The summed E-state index contributed by atoms with van der Waals surface area (Å²) in [5, 5.41) is 8.53. The van der Waals surface area contributed by atoms with Gasteiger partial charge in [0.2, 0.25) is 0 Å². The molecule has 104 valence electrons. The third kappa shape index (κ3) is 3.07. The number of benzene rings is 1. The molecule has 1 aliphatic rings. The predicted molar refractivity (Wildman–Crippen MR) is 60.3 cm³/mol. The smallest absolute Gasteiger partial charge is 0.416 e. The maximum absolute atomic E-state index is 12.8. The minimum absolute atomic E-state index is 0.122. The summed E-state index contributed by atoms with van der Waals surface area (Å²) in [6.07, 6.45) is -4.06. The van der Waals surface area contributed by atoms with Gasteiger partial charge in [-0.2, -0.15) is 13.2 Å². The molecule has 1 N–H and O–H groups in total. The zero-order valence-corrected chi connectivity index (χ0v) is 9.98. The first-order valence-corrected chi connectivity index (χ1v) is 5.88. The van der Waals surface area contributed by atoms with Gasteiger partial charge in [-0.15, -0.1) is 0 Å². The highest BCUT2D eigenvalue weighted by Crippen LogP contribution is 2.51. The van der Waals surface area contributed by atoms with Gasteiger partial charge < -0.3 is 9.84 Å². The van der Waals surface area contributed by atoms with E-state index in [1.54, 1.807) is 0 Å². The maximum atomic E-state index is 12.8. The third-order valence-electron chi connectivity index (χ3n) is 3.09. The Balaban J connectivity index is 2.11. The predicted octanol–water partition coefficient (Wildman–Crippen LogP) is 2.34. The molecule has 1 aromatic carbocycles. The van der Waals surface area contributed by atoms with Crippen molar-refractivity contribution in [3.05, 3.63) is 35.4 Å². The number of aliphatic hydroxyl groups is 1. The van der Waals surface area contributed by atoms with E-state index in [1.807, 2.05) is 0 Å². The van der Waals surface area contributed by atoms with Gasteiger partial charge in [-0.3, -0.25) is 4.79 Å².